The van der Waals surface area contributed by atoms with Gasteiger partial charge < -0.3 is 9.30 Å². The standard InChI is InChI=1S/C21H24BrN3O3S2/c1-2-9-25-20-8-7-18(30(26,27)24-10-12-28-13-11-24)14-19(20)23-21(25)29-15-16-3-5-17(22)6-4-16/h3-8,14H,2,9-13,15H2,1H3. The number of ether oxygens (including phenoxy) is 1. The first-order chi connectivity index (χ1) is 14.5. The number of fused-ring (bicyclic) bond motifs is 1. The summed E-state index contributed by atoms with van der Waals surface area (Å²) >= 11 is 5.14. The Kier molecular flexibility index (Phi) is 6.84. The second-order valence-corrected chi connectivity index (χ2v) is 10.9. The molecule has 0 unspecified atom stereocenters. The van der Waals surface area contributed by atoms with Gasteiger partial charge in [-0.1, -0.05) is 46.7 Å². The van der Waals surface area contributed by atoms with Crippen molar-refractivity contribution in [3.05, 3.63) is 52.5 Å². The normalized spacial score (nSPS) is 15.7. The van der Waals surface area contributed by atoms with Crippen LogP contribution in [-0.2, 0) is 27.1 Å². The number of morpholine rings is 1. The predicted octanol–water partition coefficient (Wildman–Crippen LogP) is 4.52. The molecule has 160 valence electrons. The van der Waals surface area contributed by atoms with Crippen LogP contribution in [0.4, 0.5) is 0 Å². The lowest BCUT2D eigenvalue weighted by Gasteiger charge is -2.26. The van der Waals surface area contributed by atoms with E-state index in [1.165, 1.54) is 9.87 Å². The van der Waals surface area contributed by atoms with Crippen molar-refractivity contribution in [1.82, 2.24) is 13.9 Å². The Hall–Kier alpha value is -1.39. The van der Waals surface area contributed by atoms with Gasteiger partial charge in [-0.05, 0) is 42.3 Å². The van der Waals surface area contributed by atoms with E-state index in [0.717, 1.165) is 39.4 Å². The lowest BCUT2D eigenvalue weighted by Crippen LogP contribution is -2.40. The van der Waals surface area contributed by atoms with Gasteiger partial charge in [0.25, 0.3) is 0 Å². The Bertz CT molecular complexity index is 1120. The number of hydrogen-bond acceptors (Lipinski definition) is 5. The molecule has 1 aliphatic heterocycles. The molecule has 1 aliphatic rings. The summed E-state index contributed by atoms with van der Waals surface area (Å²) in [5.74, 6) is 0.805. The average molecular weight is 510 g/mol. The first-order valence-electron chi connectivity index (χ1n) is 9.94. The van der Waals surface area contributed by atoms with Gasteiger partial charge in [0.2, 0.25) is 10.0 Å². The molecule has 2 aromatic carbocycles. The number of benzene rings is 2. The van der Waals surface area contributed by atoms with Crippen molar-refractivity contribution >= 4 is 48.7 Å². The summed E-state index contributed by atoms with van der Waals surface area (Å²) in [6.07, 6.45) is 0.977. The summed E-state index contributed by atoms with van der Waals surface area (Å²) in [5.41, 5.74) is 2.90. The highest BCUT2D eigenvalue weighted by Crippen LogP contribution is 2.30. The molecule has 2 heterocycles. The SMILES string of the molecule is CCCn1c(SCc2ccc(Br)cc2)nc2cc(S(=O)(=O)N3CCOCC3)ccc21. The zero-order chi connectivity index (χ0) is 21.1. The maximum atomic E-state index is 13.0. The van der Waals surface area contributed by atoms with Crippen molar-refractivity contribution in [2.45, 2.75) is 35.7 Å². The lowest BCUT2D eigenvalue weighted by atomic mass is 10.2. The van der Waals surface area contributed by atoms with E-state index in [9.17, 15) is 8.42 Å². The van der Waals surface area contributed by atoms with E-state index in [2.05, 4.69) is 39.6 Å². The van der Waals surface area contributed by atoms with E-state index < -0.39 is 10.0 Å². The van der Waals surface area contributed by atoms with E-state index in [1.54, 1.807) is 23.9 Å². The summed E-state index contributed by atoms with van der Waals surface area (Å²) in [5, 5.41) is 0.913. The van der Waals surface area contributed by atoms with Crippen molar-refractivity contribution in [2.24, 2.45) is 0 Å². The molecule has 1 fully saturated rings. The summed E-state index contributed by atoms with van der Waals surface area (Å²) in [6.45, 7) is 4.62. The van der Waals surface area contributed by atoms with E-state index in [1.807, 2.05) is 18.2 Å². The lowest BCUT2D eigenvalue weighted by molar-refractivity contribution is 0.0730. The van der Waals surface area contributed by atoms with E-state index in [0.29, 0.717) is 31.2 Å². The molecule has 6 nitrogen and oxygen atoms in total. The summed E-state index contributed by atoms with van der Waals surface area (Å²) < 4.78 is 36.0. The third-order valence-electron chi connectivity index (χ3n) is 5.02. The van der Waals surface area contributed by atoms with E-state index in [-0.39, 0.29) is 0 Å². The predicted molar refractivity (Wildman–Crippen MR) is 123 cm³/mol. The third kappa shape index (κ3) is 4.60. The van der Waals surface area contributed by atoms with E-state index >= 15 is 0 Å². The van der Waals surface area contributed by atoms with Crippen LogP contribution in [0.15, 0.2) is 57.0 Å². The van der Waals surface area contributed by atoms with Crippen molar-refractivity contribution < 1.29 is 13.2 Å². The summed E-state index contributed by atoms with van der Waals surface area (Å²) in [7, 11) is -3.54. The minimum atomic E-state index is -3.54. The average Bonchev–Trinajstić information content (AvgIpc) is 3.11. The van der Waals surface area contributed by atoms with Crippen LogP contribution in [0.1, 0.15) is 18.9 Å². The molecule has 3 aromatic rings. The second-order valence-electron chi connectivity index (χ2n) is 7.13. The Balaban J connectivity index is 1.64. The van der Waals surface area contributed by atoms with Crippen LogP contribution in [0.2, 0.25) is 0 Å². The van der Waals surface area contributed by atoms with Gasteiger partial charge >= 0.3 is 0 Å². The topological polar surface area (TPSA) is 64.4 Å². The van der Waals surface area contributed by atoms with Crippen molar-refractivity contribution in [1.29, 1.82) is 0 Å². The fraction of sp³-hybridized carbons (Fsp3) is 0.381. The van der Waals surface area contributed by atoms with Gasteiger partial charge in [0.15, 0.2) is 5.16 Å². The van der Waals surface area contributed by atoms with Crippen LogP contribution in [-0.4, -0.2) is 48.6 Å². The minimum absolute atomic E-state index is 0.294. The number of hydrogen-bond donors (Lipinski definition) is 0. The molecule has 0 N–H and O–H groups in total. The monoisotopic (exact) mass is 509 g/mol. The highest BCUT2D eigenvalue weighted by Gasteiger charge is 2.27. The number of aromatic nitrogens is 2. The number of thioether (sulfide) groups is 1. The molecule has 1 saturated heterocycles. The zero-order valence-corrected chi connectivity index (χ0v) is 20.0. The second kappa shape index (κ2) is 9.40. The van der Waals surface area contributed by atoms with Crippen LogP contribution < -0.4 is 0 Å². The smallest absolute Gasteiger partial charge is 0.243 e. The number of rotatable bonds is 7. The van der Waals surface area contributed by atoms with Crippen LogP contribution in [0.25, 0.3) is 11.0 Å². The number of halogens is 1. The Morgan fingerprint density at radius 2 is 1.87 bits per heavy atom. The molecule has 9 heteroatoms. The van der Waals surface area contributed by atoms with Gasteiger partial charge in [-0.25, -0.2) is 13.4 Å². The molecule has 4 rings (SSSR count). The molecule has 1 aromatic heterocycles. The largest absolute Gasteiger partial charge is 0.379 e. The van der Waals surface area contributed by atoms with Gasteiger partial charge in [0, 0.05) is 29.9 Å². The Morgan fingerprint density at radius 1 is 1.13 bits per heavy atom. The fourth-order valence-corrected chi connectivity index (χ4v) is 6.15. The molecule has 0 radical (unpaired) electrons. The van der Waals surface area contributed by atoms with Crippen molar-refractivity contribution in [2.75, 3.05) is 26.3 Å². The number of aryl methyl sites for hydroxylation is 1. The zero-order valence-electron chi connectivity index (χ0n) is 16.8. The molecular formula is C21H24BrN3O3S2. The summed E-state index contributed by atoms with van der Waals surface area (Å²) in [4.78, 5) is 5.09. The Morgan fingerprint density at radius 3 is 2.57 bits per heavy atom. The maximum absolute atomic E-state index is 13.0. The van der Waals surface area contributed by atoms with Crippen molar-refractivity contribution in [3.63, 3.8) is 0 Å². The molecule has 0 spiro atoms. The van der Waals surface area contributed by atoms with Crippen LogP contribution in [0, 0.1) is 0 Å². The highest BCUT2D eigenvalue weighted by molar-refractivity contribution is 9.10. The maximum Gasteiger partial charge on any atom is 0.243 e. The molecule has 0 amide bonds. The summed E-state index contributed by atoms with van der Waals surface area (Å²) in [6, 6.07) is 13.5. The van der Waals surface area contributed by atoms with Gasteiger partial charge in [-0.2, -0.15) is 4.31 Å². The minimum Gasteiger partial charge on any atom is -0.379 e. The van der Waals surface area contributed by atoms with Crippen molar-refractivity contribution in [3.8, 4) is 0 Å². The molecule has 0 atom stereocenters. The molecular weight excluding hydrogens is 486 g/mol. The number of sulfonamides is 1. The third-order valence-corrected chi connectivity index (χ3v) is 8.49. The van der Waals surface area contributed by atoms with E-state index in [4.69, 9.17) is 9.72 Å². The van der Waals surface area contributed by atoms with Gasteiger partial charge in [0.1, 0.15) is 0 Å². The fourth-order valence-electron chi connectivity index (χ4n) is 3.46. The first kappa shape index (κ1) is 21.8. The van der Waals surface area contributed by atoms with Crippen LogP contribution in [0.5, 0.6) is 0 Å². The molecule has 0 aliphatic carbocycles. The van der Waals surface area contributed by atoms with Crippen LogP contribution in [0.3, 0.4) is 0 Å². The highest BCUT2D eigenvalue weighted by atomic mass is 79.9. The Labute approximate surface area is 189 Å². The van der Waals surface area contributed by atoms with Gasteiger partial charge in [-0.15, -0.1) is 0 Å². The quantitative estimate of drug-likeness (QED) is 0.438. The van der Waals surface area contributed by atoms with Crippen LogP contribution >= 0.6 is 27.7 Å². The van der Waals surface area contributed by atoms with Gasteiger partial charge in [-0.3, -0.25) is 0 Å². The molecule has 0 saturated carbocycles. The molecule has 0 bridgehead atoms. The number of nitrogens with zero attached hydrogens (tertiary/aromatic N) is 3. The first-order valence-corrected chi connectivity index (χ1v) is 13.2. The number of imidazole rings is 1. The van der Waals surface area contributed by atoms with Gasteiger partial charge in [0.05, 0.1) is 29.1 Å². The molecule has 30 heavy (non-hydrogen) atoms.